The fourth-order valence-electron chi connectivity index (χ4n) is 6.37. The van der Waals surface area contributed by atoms with Crippen LogP contribution in [0.15, 0.2) is 121 Å². The number of hydrogen-bond donors (Lipinski definition) is 4. The largest absolute Gasteiger partial charge is 0.467 e. The van der Waals surface area contributed by atoms with Crippen molar-refractivity contribution in [2.24, 2.45) is 0 Å². The molecule has 9 nitrogen and oxygen atoms in total. The van der Waals surface area contributed by atoms with E-state index in [1.807, 2.05) is 62.4 Å². The molecule has 0 aliphatic carbocycles. The van der Waals surface area contributed by atoms with Gasteiger partial charge in [0.25, 0.3) is 11.1 Å². The molecule has 0 saturated carbocycles. The molecule has 6 aromatic rings. The van der Waals surface area contributed by atoms with Crippen LogP contribution >= 0.6 is 106 Å². The number of amides is 1. The number of esters is 1. The third kappa shape index (κ3) is 16.2. The van der Waals surface area contributed by atoms with Crippen molar-refractivity contribution in [1.82, 2.24) is 10.6 Å². The van der Waals surface area contributed by atoms with Gasteiger partial charge in [0, 0.05) is 28.9 Å². The van der Waals surface area contributed by atoms with Crippen molar-refractivity contribution >= 4 is 150 Å². The molecular weight excluding hydrogens is 1050 g/mol. The number of methoxy groups -OCH3 is 1. The number of nitrogen functional groups attached to an aromatic ring is 1. The van der Waals surface area contributed by atoms with Gasteiger partial charge < -0.3 is 26.4 Å². The maximum absolute atomic E-state index is 12.6. The van der Waals surface area contributed by atoms with Crippen LogP contribution in [-0.4, -0.2) is 52.1 Å². The van der Waals surface area contributed by atoms with E-state index in [0.717, 1.165) is 27.8 Å². The van der Waals surface area contributed by atoms with Crippen LogP contribution in [-0.2, 0) is 27.2 Å². The van der Waals surface area contributed by atoms with Crippen LogP contribution in [0.1, 0.15) is 61.0 Å². The topological polar surface area (TPSA) is 140 Å². The highest BCUT2D eigenvalue weighted by Gasteiger charge is 2.24. The number of benzene rings is 6. The summed E-state index contributed by atoms with van der Waals surface area (Å²) in [5.41, 5.74) is 12.5. The van der Waals surface area contributed by atoms with E-state index in [-0.39, 0.29) is 37.0 Å². The van der Waals surface area contributed by atoms with Gasteiger partial charge in [0.15, 0.2) is 5.78 Å². The first-order valence-corrected chi connectivity index (χ1v) is 23.7. The molecule has 6 aromatic carbocycles. The number of nitrogens with two attached hydrogens (primary N) is 1. The first kappa shape index (κ1) is 55.8. The van der Waals surface area contributed by atoms with Gasteiger partial charge in [0.2, 0.25) is 0 Å². The fourth-order valence-corrected chi connectivity index (χ4v) is 9.38. The van der Waals surface area contributed by atoms with Crippen molar-refractivity contribution in [1.29, 1.82) is 0 Å². The van der Waals surface area contributed by atoms with Crippen LogP contribution in [0.3, 0.4) is 0 Å². The second-order valence-corrected chi connectivity index (χ2v) is 18.4. The van der Waals surface area contributed by atoms with Crippen molar-refractivity contribution in [2.75, 3.05) is 18.2 Å². The molecule has 0 heterocycles. The normalized spacial score (nSPS) is 11.3. The van der Waals surface area contributed by atoms with E-state index in [9.17, 15) is 19.2 Å². The van der Waals surface area contributed by atoms with Gasteiger partial charge >= 0.3 is 5.97 Å². The van der Waals surface area contributed by atoms with Crippen LogP contribution in [0.5, 0.6) is 0 Å². The van der Waals surface area contributed by atoms with Crippen molar-refractivity contribution < 1.29 is 23.9 Å². The summed E-state index contributed by atoms with van der Waals surface area (Å²) in [6, 6.07) is 34.1. The monoisotopic (exact) mass is 1090 g/mol. The molecule has 0 radical (unpaired) electrons. The lowest BCUT2D eigenvalue weighted by Crippen LogP contribution is -2.43. The molecule has 0 bridgehead atoms. The molecule has 5 N–H and O–H groups in total. The fraction of sp³-hybridized carbons (Fsp3) is 0.160. The van der Waals surface area contributed by atoms with Crippen molar-refractivity contribution in [3.05, 3.63) is 196 Å². The number of hydrogen-bond acceptors (Lipinski definition) is 8. The van der Waals surface area contributed by atoms with Gasteiger partial charge in [-0.1, -0.05) is 155 Å². The summed E-state index contributed by atoms with van der Waals surface area (Å²) < 4.78 is 4.95. The number of nitrogens with one attached hydrogen (secondary N) is 3. The number of rotatable bonds is 13. The first-order chi connectivity index (χ1) is 32.2. The molecule has 2 unspecified atom stereocenters. The van der Waals surface area contributed by atoms with E-state index in [4.69, 9.17) is 116 Å². The van der Waals surface area contributed by atoms with Crippen LogP contribution in [0.25, 0.3) is 0 Å². The SMILES string of the molecule is CC(=O)C(Cc1ccc(N)cc1)NC(=S)c1c(C)cccc1Cl.COC(=O)C(Cc1ccc(NC(=O)c2c(Cl)cccc2Cl)cc1)NC(=S)c1c(C)cccc1Cl.O=C(Cl)c1c(Cl)cccc1Cl. The second kappa shape index (κ2) is 26.8. The predicted octanol–water partition coefficient (Wildman–Crippen LogP) is 13.3. The molecule has 6 rings (SSSR count). The number of Topliss-reactive ketones (excluding diaryl/α,β-unsaturated/α-hetero) is 1. The summed E-state index contributed by atoms with van der Waals surface area (Å²) >= 11 is 52.2. The summed E-state index contributed by atoms with van der Waals surface area (Å²) in [5.74, 6) is -0.857. The summed E-state index contributed by atoms with van der Waals surface area (Å²) in [4.78, 5) is 48.5. The minimum atomic E-state index is -0.726. The molecule has 0 spiro atoms. The molecule has 0 saturated heterocycles. The minimum absolute atomic E-state index is 0.0221. The van der Waals surface area contributed by atoms with Crippen LogP contribution in [0.4, 0.5) is 11.4 Å². The minimum Gasteiger partial charge on any atom is -0.467 e. The Hall–Kier alpha value is -4.79. The number of carbonyl (C=O) groups excluding carboxylic acids is 4. The highest BCUT2D eigenvalue weighted by atomic mass is 35.5. The zero-order valence-electron chi connectivity index (χ0n) is 36.7. The molecule has 18 heteroatoms. The average Bonchev–Trinajstić information content (AvgIpc) is 3.27. The van der Waals surface area contributed by atoms with Gasteiger partial charge in [0.1, 0.15) is 16.0 Å². The highest BCUT2D eigenvalue weighted by molar-refractivity contribution is 7.81. The summed E-state index contributed by atoms with van der Waals surface area (Å²) in [5, 5.41) is 10.5. The first-order valence-electron chi connectivity index (χ1n) is 20.2. The van der Waals surface area contributed by atoms with E-state index >= 15 is 0 Å². The Morgan fingerprint density at radius 1 is 0.559 bits per heavy atom. The number of aryl methyl sites for hydroxylation is 2. The van der Waals surface area contributed by atoms with Gasteiger partial charge in [-0.3, -0.25) is 14.4 Å². The average molecular weight is 1090 g/mol. The lowest BCUT2D eigenvalue weighted by molar-refractivity contribution is -0.142. The Morgan fingerprint density at radius 3 is 1.31 bits per heavy atom. The number of ketones is 1. The molecule has 1 amide bonds. The molecular formula is C50H43Cl7N4O5S2. The number of ether oxygens (including phenoxy) is 1. The van der Waals surface area contributed by atoms with Crippen LogP contribution < -0.4 is 21.7 Å². The quantitative estimate of drug-likeness (QED) is 0.0382. The van der Waals surface area contributed by atoms with Gasteiger partial charge in [-0.15, -0.1) is 0 Å². The van der Waals surface area contributed by atoms with Crippen molar-refractivity contribution in [2.45, 2.75) is 45.7 Å². The molecule has 68 heavy (non-hydrogen) atoms. The molecule has 0 aliphatic heterocycles. The van der Waals surface area contributed by atoms with Crippen LogP contribution in [0.2, 0.25) is 30.1 Å². The highest BCUT2D eigenvalue weighted by Crippen LogP contribution is 2.27. The Balaban J connectivity index is 0.000000253. The van der Waals surface area contributed by atoms with E-state index in [1.165, 1.54) is 7.11 Å². The number of halogens is 7. The maximum atomic E-state index is 12.6. The van der Waals surface area contributed by atoms with Gasteiger partial charge in [0.05, 0.1) is 54.4 Å². The third-order valence-electron chi connectivity index (χ3n) is 9.91. The Morgan fingerprint density at radius 2 is 0.926 bits per heavy atom. The Labute approximate surface area is 440 Å². The van der Waals surface area contributed by atoms with Gasteiger partial charge in [-0.25, -0.2) is 4.79 Å². The number of anilines is 2. The number of carbonyl (C=O) groups is 4. The van der Waals surface area contributed by atoms with Crippen molar-refractivity contribution in [3.63, 3.8) is 0 Å². The van der Waals surface area contributed by atoms with E-state index in [1.54, 1.807) is 79.7 Å². The standard InChI is InChI=1S/C25H21Cl3N2O3S.C18H19ClN2OS.C7H3Cl3O/c1-14-5-3-6-17(26)21(14)24(34)30-20(25(32)33-2)13-15-9-11-16(12-10-15)29-23(31)22-18(27)7-4-8-19(22)28;1-11-4-3-5-15(19)17(11)18(23)21-16(12(2)22)10-13-6-8-14(20)9-7-13;8-4-2-1-3-5(9)6(4)7(10)11/h3-12,20H,13H2,1-2H3,(H,29,31)(H,30,34);3-9,16H,10,20H2,1-2H3,(H,21,23);1-3H. The van der Waals surface area contributed by atoms with E-state index in [2.05, 4.69) is 16.0 Å². The van der Waals surface area contributed by atoms with Crippen LogP contribution in [0, 0.1) is 13.8 Å². The Kier molecular flexibility index (Phi) is 22.0. The smallest absolute Gasteiger partial charge is 0.328 e. The number of thiocarbonyl (C=S) groups is 2. The van der Waals surface area contributed by atoms with Crippen molar-refractivity contribution in [3.8, 4) is 0 Å². The molecule has 2 atom stereocenters. The van der Waals surface area contributed by atoms with E-state index in [0.29, 0.717) is 49.8 Å². The van der Waals surface area contributed by atoms with Gasteiger partial charge in [-0.2, -0.15) is 0 Å². The molecule has 354 valence electrons. The van der Waals surface area contributed by atoms with E-state index < -0.39 is 29.2 Å². The molecule has 0 aliphatic rings. The molecule has 0 aromatic heterocycles. The lowest BCUT2D eigenvalue weighted by Gasteiger charge is -2.20. The molecule has 0 fully saturated rings. The zero-order valence-corrected chi connectivity index (χ0v) is 43.6. The van der Waals surface area contributed by atoms with Gasteiger partial charge in [-0.05, 0) is 122 Å². The maximum Gasteiger partial charge on any atom is 0.328 e. The third-order valence-corrected chi connectivity index (χ3v) is 12.6. The predicted molar refractivity (Wildman–Crippen MR) is 288 cm³/mol. The summed E-state index contributed by atoms with van der Waals surface area (Å²) in [6.45, 7) is 5.39. The lowest BCUT2D eigenvalue weighted by atomic mass is 10.0. The summed E-state index contributed by atoms with van der Waals surface area (Å²) in [7, 11) is 1.32. The second-order valence-electron chi connectivity index (χ2n) is 14.8. The zero-order chi connectivity index (χ0) is 50.2. The summed E-state index contributed by atoms with van der Waals surface area (Å²) in [6.07, 6.45) is 0.847. The Bertz CT molecular complexity index is 2730.